The molecular formula is C14H14N4O3. The second kappa shape index (κ2) is 6.47. The molecule has 21 heavy (non-hydrogen) atoms. The van der Waals surface area contributed by atoms with E-state index in [2.05, 4.69) is 15.8 Å². The lowest BCUT2D eigenvalue weighted by Gasteiger charge is -2.03. The molecule has 0 saturated carbocycles. The van der Waals surface area contributed by atoms with Crippen LogP contribution in [0.15, 0.2) is 52.8 Å². The molecule has 0 aliphatic carbocycles. The number of anilines is 1. The van der Waals surface area contributed by atoms with E-state index in [-0.39, 0.29) is 5.69 Å². The minimum absolute atomic E-state index is 0.0581. The molecule has 7 heteroatoms. The zero-order chi connectivity index (χ0) is 15.2. The Kier molecular flexibility index (Phi) is 4.45. The van der Waals surface area contributed by atoms with Crippen LogP contribution in [0.5, 0.6) is 5.75 Å². The fourth-order valence-corrected chi connectivity index (χ4v) is 1.63. The summed E-state index contributed by atoms with van der Waals surface area (Å²) in [5, 5.41) is 18.5. The van der Waals surface area contributed by atoms with Gasteiger partial charge in [-0.25, -0.2) is 0 Å². The van der Waals surface area contributed by atoms with Crippen LogP contribution >= 0.6 is 0 Å². The highest BCUT2D eigenvalue weighted by Crippen LogP contribution is 2.31. The van der Waals surface area contributed by atoms with Crippen LogP contribution < -0.4 is 10.2 Å². The number of ether oxygens (including phenoxy) is 1. The maximum absolute atomic E-state index is 10.7. The van der Waals surface area contributed by atoms with E-state index in [1.165, 1.54) is 25.3 Å². The first-order chi connectivity index (χ1) is 10.1. The zero-order valence-electron chi connectivity index (χ0n) is 11.6. The molecule has 0 fully saturated rings. The number of nitro benzene ring substituents is 1. The van der Waals surface area contributed by atoms with Gasteiger partial charge in [-0.15, -0.1) is 5.11 Å². The lowest BCUT2D eigenvalue weighted by Crippen LogP contribution is -1.90. The van der Waals surface area contributed by atoms with Crippen molar-refractivity contribution in [3.05, 3.63) is 58.1 Å². The number of rotatable bonds is 5. The standard InChI is InChI=1S/C14H14N4O3/c1-10-3-5-11(6-4-10)15-17-16-13-8-7-12(18(19)20)9-14(13)21-2/h3-9H,1-2H3,(H,15,16). The number of non-ortho nitro benzene ring substituents is 1. The summed E-state index contributed by atoms with van der Waals surface area (Å²) < 4.78 is 5.07. The molecule has 0 aliphatic heterocycles. The minimum Gasteiger partial charge on any atom is -0.494 e. The quantitative estimate of drug-likeness (QED) is 0.510. The van der Waals surface area contributed by atoms with Crippen molar-refractivity contribution in [3.63, 3.8) is 0 Å². The van der Waals surface area contributed by atoms with Crippen LogP contribution in [0.25, 0.3) is 0 Å². The van der Waals surface area contributed by atoms with Gasteiger partial charge in [0.25, 0.3) is 5.69 Å². The number of hydrogen-bond donors (Lipinski definition) is 1. The fraction of sp³-hybridized carbons (Fsp3) is 0.143. The Morgan fingerprint density at radius 3 is 2.52 bits per heavy atom. The molecule has 7 nitrogen and oxygen atoms in total. The summed E-state index contributed by atoms with van der Waals surface area (Å²) in [5.41, 5.74) is 5.07. The topological polar surface area (TPSA) is 89.1 Å². The van der Waals surface area contributed by atoms with Crippen LogP contribution in [0.3, 0.4) is 0 Å². The van der Waals surface area contributed by atoms with Crippen LogP contribution in [-0.2, 0) is 0 Å². The molecule has 108 valence electrons. The van der Waals surface area contributed by atoms with Gasteiger partial charge in [0.05, 0.1) is 23.8 Å². The van der Waals surface area contributed by atoms with E-state index in [0.717, 1.165) is 11.3 Å². The highest BCUT2D eigenvalue weighted by molar-refractivity contribution is 5.56. The molecule has 2 aromatic rings. The summed E-state index contributed by atoms with van der Waals surface area (Å²) in [6.07, 6.45) is 0. The van der Waals surface area contributed by atoms with Crippen LogP contribution in [0.2, 0.25) is 0 Å². The Hall–Kier alpha value is -2.96. The van der Waals surface area contributed by atoms with Crippen molar-refractivity contribution in [2.24, 2.45) is 10.3 Å². The van der Waals surface area contributed by atoms with Gasteiger partial charge in [-0.2, -0.15) is 0 Å². The van der Waals surface area contributed by atoms with Crippen molar-refractivity contribution in [2.45, 2.75) is 6.92 Å². The number of nitrogens with one attached hydrogen (secondary N) is 1. The van der Waals surface area contributed by atoms with E-state index in [0.29, 0.717) is 11.4 Å². The monoisotopic (exact) mass is 286 g/mol. The average Bonchev–Trinajstić information content (AvgIpc) is 2.49. The second-order valence-electron chi connectivity index (χ2n) is 4.29. The van der Waals surface area contributed by atoms with Crippen molar-refractivity contribution in [1.82, 2.24) is 0 Å². The van der Waals surface area contributed by atoms with Gasteiger partial charge in [-0.3, -0.25) is 15.5 Å². The summed E-state index contributed by atoms with van der Waals surface area (Å²) in [6, 6.07) is 11.8. The summed E-state index contributed by atoms with van der Waals surface area (Å²) in [6.45, 7) is 1.99. The number of hydrogen-bond acceptors (Lipinski definition) is 5. The van der Waals surface area contributed by atoms with E-state index in [1.807, 2.05) is 31.2 Å². The van der Waals surface area contributed by atoms with Gasteiger partial charge in [0.15, 0.2) is 5.75 Å². The molecule has 0 amide bonds. The van der Waals surface area contributed by atoms with Crippen LogP contribution in [0.1, 0.15) is 5.56 Å². The normalized spacial score (nSPS) is 10.6. The highest BCUT2D eigenvalue weighted by atomic mass is 16.6. The molecule has 0 atom stereocenters. The molecule has 2 rings (SSSR count). The Labute approximate surface area is 121 Å². The maximum atomic E-state index is 10.7. The first-order valence-electron chi connectivity index (χ1n) is 6.16. The van der Waals surface area contributed by atoms with Crippen LogP contribution in [0.4, 0.5) is 17.1 Å². The predicted molar refractivity (Wildman–Crippen MR) is 79.0 cm³/mol. The molecule has 0 heterocycles. The molecular weight excluding hydrogens is 272 g/mol. The van der Waals surface area contributed by atoms with E-state index >= 15 is 0 Å². The van der Waals surface area contributed by atoms with Gasteiger partial charge < -0.3 is 4.74 Å². The van der Waals surface area contributed by atoms with Gasteiger partial charge in [-0.1, -0.05) is 22.9 Å². The summed E-state index contributed by atoms with van der Waals surface area (Å²) in [4.78, 5) is 10.2. The Morgan fingerprint density at radius 2 is 1.90 bits per heavy atom. The first kappa shape index (κ1) is 14.4. The molecule has 0 spiro atoms. The highest BCUT2D eigenvalue weighted by Gasteiger charge is 2.10. The average molecular weight is 286 g/mol. The van der Waals surface area contributed by atoms with Crippen molar-refractivity contribution in [2.75, 3.05) is 12.5 Å². The molecule has 0 saturated heterocycles. The van der Waals surface area contributed by atoms with Gasteiger partial charge in [-0.05, 0) is 25.1 Å². The van der Waals surface area contributed by atoms with E-state index in [1.54, 1.807) is 0 Å². The molecule has 0 unspecified atom stereocenters. The molecule has 0 aliphatic rings. The molecule has 2 aromatic carbocycles. The lowest BCUT2D eigenvalue weighted by molar-refractivity contribution is -0.384. The Bertz CT molecular complexity index is 668. The van der Waals surface area contributed by atoms with Gasteiger partial charge >= 0.3 is 0 Å². The predicted octanol–water partition coefficient (Wildman–Crippen LogP) is 4.02. The van der Waals surface area contributed by atoms with Crippen molar-refractivity contribution in [1.29, 1.82) is 0 Å². The van der Waals surface area contributed by atoms with Crippen molar-refractivity contribution < 1.29 is 9.66 Å². The Balaban J connectivity index is 2.13. The Morgan fingerprint density at radius 1 is 1.19 bits per heavy atom. The zero-order valence-corrected chi connectivity index (χ0v) is 11.6. The number of nitrogens with zero attached hydrogens (tertiary/aromatic N) is 3. The third-order valence-corrected chi connectivity index (χ3v) is 2.76. The first-order valence-corrected chi connectivity index (χ1v) is 6.16. The van der Waals surface area contributed by atoms with Crippen LogP contribution in [-0.4, -0.2) is 12.0 Å². The number of benzene rings is 2. The van der Waals surface area contributed by atoms with Gasteiger partial charge in [0.2, 0.25) is 0 Å². The molecule has 1 N–H and O–H groups in total. The van der Waals surface area contributed by atoms with E-state index < -0.39 is 4.92 Å². The van der Waals surface area contributed by atoms with Gasteiger partial charge in [0.1, 0.15) is 5.69 Å². The molecule has 0 radical (unpaired) electrons. The number of nitro groups is 1. The van der Waals surface area contributed by atoms with E-state index in [9.17, 15) is 10.1 Å². The smallest absolute Gasteiger partial charge is 0.273 e. The van der Waals surface area contributed by atoms with E-state index in [4.69, 9.17) is 4.74 Å². The molecule has 0 bridgehead atoms. The lowest BCUT2D eigenvalue weighted by atomic mass is 10.2. The van der Waals surface area contributed by atoms with Crippen molar-refractivity contribution in [3.8, 4) is 5.75 Å². The largest absolute Gasteiger partial charge is 0.494 e. The third kappa shape index (κ3) is 3.75. The summed E-state index contributed by atoms with van der Waals surface area (Å²) in [7, 11) is 1.42. The SMILES string of the molecule is COc1cc([N+](=O)[O-])ccc1N=NNc1ccc(C)cc1. The third-order valence-electron chi connectivity index (χ3n) is 2.76. The number of methoxy groups -OCH3 is 1. The number of aryl methyl sites for hydroxylation is 1. The van der Waals surface area contributed by atoms with Crippen molar-refractivity contribution >= 4 is 17.1 Å². The minimum atomic E-state index is -0.492. The van der Waals surface area contributed by atoms with Gasteiger partial charge in [0, 0.05) is 6.07 Å². The molecule has 0 aromatic heterocycles. The maximum Gasteiger partial charge on any atom is 0.273 e. The summed E-state index contributed by atoms with van der Waals surface area (Å²) >= 11 is 0. The van der Waals surface area contributed by atoms with Crippen LogP contribution in [0, 0.1) is 17.0 Å². The summed E-state index contributed by atoms with van der Waals surface area (Å²) in [5.74, 6) is 0.290. The fourth-order valence-electron chi connectivity index (χ4n) is 1.63. The second-order valence-corrected chi connectivity index (χ2v) is 4.29.